The summed E-state index contributed by atoms with van der Waals surface area (Å²) in [5.74, 6) is -2.51. The molecule has 3 rings (SSSR count). The van der Waals surface area contributed by atoms with Crippen molar-refractivity contribution in [2.45, 2.75) is 65.3 Å². The number of carbonyl (C=O) groups is 4. The van der Waals surface area contributed by atoms with Crippen molar-refractivity contribution in [3.8, 4) is 6.08 Å². The molecule has 1 aromatic heterocycles. The Morgan fingerprint density at radius 2 is 1.68 bits per heavy atom. The van der Waals surface area contributed by atoms with E-state index in [-0.39, 0.29) is 12.7 Å². The van der Waals surface area contributed by atoms with Gasteiger partial charge < -0.3 is 33.4 Å². The van der Waals surface area contributed by atoms with Crippen LogP contribution in [0.4, 0.5) is 0 Å². The SMILES string of the molecule is CC(=O)N[C@H]1[C@H](Oc2nc3cc(C)ccc3o2)O[C@@H](COC(C)=O)[C@@H](OC(C)=O)[C@@H]1OC(C)=O. The van der Waals surface area contributed by atoms with Gasteiger partial charge in [-0.3, -0.25) is 19.2 Å². The lowest BCUT2D eigenvalue weighted by molar-refractivity contribution is -0.259. The Kier molecular flexibility index (Phi) is 7.72. The fraction of sp³-hybridized carbons (Fsp3) is 0.500. The number of nitrogens with zero attached hydrogens (tertiary/aromatic N) is 1. The molecule has 2 heterocycles. The van der Waals surface area contributed by atoms with Crippen LogP contribution < -0.4 is 10.1 Å². The van der Waals surface area contributed by atoms with Crippen LogP contribution in [0.1, 0.15) is 33.3 Å². The Balaban J connectivity index is 1.98. The highest BCUT2D eigenvalue weighted by atomic mass is 16.7. The lowest BCUT2D eigenvalue weighted by Crippen LogP contribution is -2.67. The number of aromatic nitrogens is 1. The van der Waals surface area contributed by atoms with Gasteiger partial charge in [0.05, 0.1) is 0 Å². The minimum Gasteiger partial charge on any atom is -0.463 e. The molecule has 0 spiro atoms. The molecule has 0 bridgehead atoms. The maximum Gasteiger partial charge on any atom is 0.397 e. The monoisotopic (exact) mass is 478 g/mol. The zero-order valence-corrected chi connectivity index (χ0v) is 19.4. The summed E-state index contributed by atoms with van der Waals surface area (Å²) in [4.78, 5) is 51.3. The Morgan fingerprint density at radius 3 is 2.29 bits per heavy atom. The number of oxazole rings is 1. The topological polar surface area (TPSA) is 152 Å². The number of hydrogen-bond acceptors (Lipinski definition) is 11. The Hall–Kier alpha value is -3.67. The largest absolute Gasteiger partial charge is 0.463 e. The van der Waals surface area contributed by atoms with Gasteiger partial charge in [0.1, 0.15) is 24.3 Å². The van der Waals surface area contributed by atoms with Crippen LogP contribution in [0.5, 0.6) is 6.08 Å². The number of rotatable bonds is 7. The van der Waals surface area contributed by atoms with Crippen molar-refractivity contribution in [1.29, 1.82) is 0 Å². The Labute approximate surface area is 194 Å². The van der Waals surface area contributed by atoms with E-state index in [1.54, 1.807) is 12.1 Å². The minimum absolute atomic E-state index is 0.167. The van der Waals surface area contributed by atoms with Gasteiger partial charge >= 0.3 is 24.0 Å². The summed E-state index contributed by atoms with van der Waals surface area (Å²) >= 11 is 0. The summed E-state index contributed by atoms with van der Waals surface area (Å²) in [6, 6.07) is 4.22. The molecule has 1 fully saturated rings. The van der Waals surface area contributed by atoms with Crippen LogP contribution >= 0.6 is 0 Å². The molecule has 0 aliphatic carbocycles. The number of esters is 3. The molecule has 0 radical (unpaired) electrons. The molecule has 12 heteroatoms. The standard InChI is InChI=1S/C22H26N2O10/c1-10-6-7-16-15(8-10)24-22(33-16)34-21-18(23-11(2)25)20(31-14(5)28)19(30-13(4)27)17(32-21)9-29-12(3)26/h6-8,17-21H,9H2,1-5H3,(H,23,25)/t17-,18+,19+,20+,21-/m0/s1. The van der Waals surface area contributed by atoms with Crippen LogP contribution in [0, 0.1) is 6.92 Å². The van der Waals surface area contributed by atoms with E-state index in [9.17, 15) is 19.2 Å². The second-order valence-corrected chi connectivity index (χ2v) is 7.79. The van der Waals surface area contributed by atoms with Crippen LogP contribution in [0.2, 0.25) is 0 Å². The third-order valence-corrected chi connectivity index (χ3v) is 4.81. The van der Waals surface area contributed by atoms with Gasteiger partial charge in [0.2, 0.25) is 12.2 Å². The van der Waals surface area contributed by atoms with Gasteiger partial charge in [-0.1, -0.05) is 6.07 Å². The number of nitrogens with one attached hydrogen (secondary N) is 1. The fourth-order valence-corrected chi connectivity index (χ4v) is 3.56. The van der Waals surface area contributed by atoms with Gasteiger partial charge in [-0.15, -0.1) is 0 Å². The van der Waals surface area contributed by atoms with Gasteiger partial charge in [0.25, 0.3) is 0 Å². The molecule has 1 N–H and O–H groups in total. The van der Waals surface area contributed by atoms with E-state index < -0.39 is 54.5 Å². The lowest BCUT2D eigenvalue weighted by Gasteiger charge is -2.44. The van der Waals surface area contributed by atoms with Gasteiger partial charge in [0, 0.05) is 27.7 Å². The second-order valence-electron chi connectivity index (χ2n) is 7.79. The number of fused-ring (bicyclic) bond motifs is 1. The molecule has 5 atom stereocenters. The van der Waals surface area contributed by atoms with Crippen molar-refractivity contribution in [3.05, 3.63) is 23.8 Å². The molecule has 12 nitrogen and oxygen atoms in total. The molecule has 0 unspecified atom stereocenters. The third kappa shape index (κ3) is 6.22. The predicted molar refractivity (Wildman–Crippen MR) is 113 cm³/mol. The van der Waals surface area contributed by atoms with Crippen molar-refractivity contribution in [1.82, 2.24) is 10.3 Å². The van der Waals surface area contributed by atoms with Crippen molar-refractivity contribution in [3.63, 3.8) is 0 Å². The molecule has 0 saturated carbocycles. The van der Waals surface area contributed by atoms with Crippen molar-refractivity contribution in [2.24, 2.45) is 0 Å². The molecule has 1 aromatic carbocycles. The van der Waals surface area contributed by atoms with Crippen LogP contribution in [0.25, 0.3) is 11.1 Å². The quantitative estimate of drug-likeness (QED) is 0.451. The highest BCUT2D eigenvalue weighted by molar-refractivity contribution is 5.74. The van der Waals surface area contributed by atoms with Gasteiger partial charge in [0.15, 0.2) is 17.8 Å². The van der Waals surface area contributed by atoms with E-state index in [0.29, 0.717) is 11.1 Å². The fourth-order valence-electron chi connectivity index (χ4n) is 3.56. The van der Waals surface area contributed by atoms with E-state index in [4.69, 9.17) is 28.1 Å². The van der Waals surface area contributed by atoms with Gasteiger partial charge in [-0.25, -0.2) is 0 Å². The number of hydrogen-bond donors (Lipinski definition) is 1. The van der Waals surface area contributed by atoms with Gasteiger partial charge in [-0.05, 0) is 24.6 Å². The molecule has 1 saturated heterocycles. The first kappa shape index (κ1) is 25.0. The minimum atomic E-state index is -1.31. The Bertz CT molecular complexity index is 1080. The summed E-state index contributed by atoms with van der Waals surface area (Å²) in [6.07, 6.45) is -5.03. The van der Waals surface area contributed by atoms with Crippen molar-refractivity contribution >= 4 is 34.9 Å². The van der Waals surface area contributed by atoms with Crippen molar-refractivity contribution in [2.75, 3.05) is 6.61 Å². The summed E-state index contributed by atoms with van der Waals surface area (Å²) in [6.45, 7) is 6.31. The summed E-state index contributed by atoms with van der Waals surface area (Å²) < 4.78 is 33.1. The van der Waals surface area contributed by atoms with E-state index in [2.05, 4.69) is 10.3 Å². The smallest absolute Gasteiger partial charge is 0.397 e. The molecule has 1 aliphatic heterocycles. The van der Waals surface area contributed by atoms with Crippen LogP contribution in [0.15, 0.2) is 22.6 Å². The maximum atomic E-state index is 12.0. The van der Waals surface area contributed by atoms with Crippen LogP contribution in [-0.4, -0.2) is 66.0 Å². The van der Waals surface area contributed by atoms with Crippen LogP contribution in [-0.2, 0) is 38.1 Å². The maximum absolute atomic E-state index is 12.0. The highest BCUT2D eigenvalue weighted by Gasteiger charge is 2.52. The zero-order valence-electron chi connectivity index (χ0n) is 19.4. The molecule has 34 heavy (non-hydrogen) atoms. The van der Waals surface area contributed by atoms with Crippen molar-refractivity contribution < 1.29 is 47.3 Å². The first-order valence-electron chi connectivity index (χ1n) is 10.5. The third-order valence-electron chi connectivity index (χ3n) is 4.81. The highest BCUT2D eigenvalue weighted by Crippen LogP contribution is 2.30. The average molecular weight is 478 g/mol. The average Bonchev–Trinajstić information content (AvgIpc) is 3.11. The number of carbonyl (C=O) groups excluding carboxylic acids is 4. The normalized spacial score (nSPS) is 24.2. The number of benzene rings is 1. The molecule has 1 amide bonds. The van der Waals surface area contributed by atoms with Crippen LogP contribution in [0.3, 0.4) is 0 Å². The molecule has 2 aromatic rings. The van der Waals surface area contributed by atoms with E-state index >= 15 is 0 Å². The molecular formula is C22H26N2O10. The van der Waals surface area contributed by atoms with E-state index in [1.807, 2.05) is 13.0 Å². The summed E-state index contributed by atoms with van der Waals surface area (Å²) in [5, 5.41) is 2.60. The predicted octanol–water partition coefficient (Wildman–Crippen LogP) is 1.17. The molecule has 184 valence electrons. The number of aryl methyl sites for hydroxylation is 1. The van der Waals surface area contributed by atoms with E-state index in [0.717, 1.165) is 19.4 Å². The lowest BCUT2D eigenvalue weighted by atomic mass is 9.96. The second kappa shape index (κ2) is 10.5. The zero-order chi connectivity index (χ0) is 25.0. The molecular weight excluding hydrogens is 452 g/mol. The number of ether oxygens (including phenoxy) is 5. The first-order chi connectivity index (χ1) is 16.0. The summed E-state index contributed by atoms with van der Waals surface area (Å²) in [5.41, 5.74) is 1.95. The van der Waals surface area contributed by atoms with E-state index in [1.165, 1.54) is 13.8 Å². The Morgan fingerprint density at radius 1 is 1.00 bits per heavy atom. The molecule has 1 aliphatic rings. The van der Waals surface area contributed by atoms with Gasteiger partial charge in [-0.2, -0.15) is 4.98 Å². The summed E-state index contributed by atoms with van der Waals surface area (Å²) in [7, 11) is 0. The first-order valence-corrected chi connectivity index (χ1v) is 10.5. The number of amides is 1.